The molecule has 0 aliphatic carbocycles. The van der Waals surface area contributed by atoms with E-state index >= 15 is 0 Å². The topological polar surface area (TPSA) is 75.7 Å². The van der Waals surface area contributed by atoms with Crippen LogP contribution in [0.4, 0.5) is 10.5 Å². The molecule has 0 aromatic heterocycles. The van der Waals surface area contributed by atoms with E-state index in [0.29, 0.717) is 15.9 Å². The zero-order valence-electron chi connectivity index (χ0n) is 11.8. The molecule has 1 unspecified atom stereocenters. The van der Waals surface area contributed by atoms with Crippen LogP contribution in [0.15, 0.2) is 22.7 Å². The van der Waals surface area contributed by atoms with E-state index in [-0.39, 0.29) is 5.92 Å². The lowest BCUT2D eigenvalue weighted by molar-refractivity contribution is -0.136. The van der Waals surface area contributed by atoms with Gasteiger partial charge in [-0.2, -0.15) is 0 Å². The molecule has 1 aromatic rings. The smallest absolute Gasteiger partial charge is 0.335 e. The van der Waals surface area contributed by atoms with E-state index < -0.39 is 23.8 Å². The second-order valence-electron chi connectivity index (χ2n) is 5.01. The van der Waals surface area contributed by atoms with Crippen LogP contribution in [0.2, 0.25) is 0 Å². The van der Waals surface area contributed by atoms with Gasteiger partial charge in [0.15, 0.2) is 0 Å². The Labute approximate surface area is 130 Å². The van der Waals surface area contributed by atoms with E-state index in [1.54, 1.807) is 32.0 Å². The van der Waals surface area contributed by atoms with Crippen molar-refractivity contribution in [3.05, 3.63) is 22.7 Å². The average Bonchev–Trinajstić information content (AvgIpc) is 2.39. The second-order valence-corrected chi connectivity index (χ2v) is 5.86. The quantitative estimate of drug-likeness (QED) is 0.845. The molecule has 21 heavy (non-hydrogen) atoms. The van der Waals surface area contributed by atoms with Gasteiger partial charge in [-0.15, -0.1) is 0 Å². The minimum atomic E-state index is -0.888. The molecule has 7 heteroatoms. The number of urea groups is 1. The molecule has 0 saturated carbocycles. The summed E-state index contributed by atoms with van der Waals surface area (Å²) in [6.07, 6.45) is 0. The fraction of sp³-hybridized carbons (Fsp3) is 0.357. The van der Waals surface area contributed by atoms with E-state index in [0.717, 1.165) is 4.90 Å². The Kier molecular flexibility index (Phi) is 4.32. The summed E-state index contributed by atoms with van der Waals surface area (Å²) in [7, 11) is 1.49. The minimum absolute atomic E-state index is 0.211. The number of halogens is 1. The summed E-state index contributed by atoms with van der Waals surface area (Å²) < 4.78 is 5.67. The lowest BCUT2D eigenvalue weighted by atomic mass is 9.92. The van der Waals surface area contributed by atoms with Crippen LogP contribution in [0.25, 0.3) is 0 Å². The molecule has 1 fully saturated rings. The molecule has 0 spiro atoms. The third kappa shape index (κ3) is 2.78. The van der Waals surface area contributed by atoms with Gasteiger partial charge in [-0.25, -0.2) is 9.69 Å². The number of amides is 4. The minimum Gasteiger partial charge on any atom is -0.497 e. The average molecular weight is 355 g/mol. The van der Waals surface area contributed by atoms with E-state index in [1.807, 2.05) is 0 Å². The number of methoxy groups -OCH3 is 1. The number of carbonyl (C=O) groups is 3. The first-order chi connectivity index (χ1) is 9.86. The molecule has 6 nitrogen and oxygen atoms in total. The summed E-state index contributed by atoms with van der Waals surface area (Å²) in [5, 5.41) is 2.22. The van der Waals surface area contributed by atoms with Crippen molar-refractivity contribution in [3.63, 3.8) is 0 Å². The predicted octanol–water partition coefficient (Wildman–Crippen LogP) is 2.31. The van der Waals surface area contributed by atoms with Crippen molar-refractivity contribution in [3.8, 4) is 5.75 Å². The molecule has 1 atom stereocenters. The number of carbonyl (C=O) groups excluding carboxylic acids is 3. The summed E-state index contributed by atoms with van der Waals surface area (Å²) >= 11 is 3.31. The summed E-state index contributed by atoms with van der Waals surface area (Å²) in [5.41, 5.74) is 0.343. The number of barbiturate groups is 1. The molecule has 2 rings (SSSR count). The van der Waals surface area contributed by atoms with Gasteiger partial charge in [0.05, 0.1) is 12.8 Å². The van der Waals surface area contributed by atoms with Crippen LogP contribution in [0.1, 0.15) is 13.8 Å². The number of ether oxygens (including phenoxy) is 1. The molecular weight excluding hydrogens is 340 g/mol. The normalized spacial score (nSPS) is 19.0. The summed E-state index contributed by atoms with van der Waals surface area (Å²) in [6, 6.07) is 4.19. The fourth-order valence-electron chi connectivity index (χ4n) is 2.20. The molecular formula is C14H15BrN2O4. The van der Waals surface area contributed by atoms with Crippen LogP contribution in [0, 0.1) is 11.8 Å². The number of imide groups is 2. The van der Waals surface area contributed by atoms with Crippen molar-refractivity contribution >= 4 is 39.5 Å². The second kappa shape index (κ2) is 5.85. The first-order valence-electron chi connectivity index (χ1n) is 6.39. The Balaban J connectivity index is 2.49. The first kappa shape index (κ1) is 15.5. The zero-order chi connectivity index (χ0) is 15.7. The summed E-state index contributed by atoms with van der Waals surface area (Å²) in [4.78, 5) is 37.4. The Bertz CT molecular complexity index is 615. The molecule has 1 heterocycles. The highest BCUT2D eigenvalue weighted by molar-refractivity contribution is 9.10. The van der Waals surface area contributed by atoms with Crippen molar-refractivity contribution in [1.29, 1.82) is 0 Å². The number of benzene rings is 1. The van der Waals surface area contributed by atoms with Gasteiger partial charge >= 0.3 is 6.03 Å². The van der Waals surface area contributed by atoms with Gasteiger partial charge < -0.3 is 4.74 Å². The Morgan fingerprint density at radius 2 is 1.95 bits per heavy atom. The van der Waals surface area contributed by atoms with Gasteiger partial charge in [-0.3, -0.25) is 14.9 Å². The Hall–Kier alpha value is -1.89. The lowest BCUT2D eigenvalue weighted by Gasteiger charge is -2.32. The Morgan fingerprint density at radius 3 is 2.52 bits per heavy atom. The Morgan fingerprint density at radius 1 is 1.29 bits per heavy atom. The maximum absolute atomic E-state index is 12.5. The number of anilines is 1. The van der Waals surface area contributed by atoms with Gasteiger partial charge in [0, 0.05) is 10.5 Å². The van der Waals surface area contributed by atoms with E-state index in [1.165, 1.54) is 7.11 Å². The molecule has 4 amide bonds. The maximum Gasteiger partial charge on any atom is 0.335 e. The van der Waals surface area contributed by atoms with Crippen LogP contribution in [0.3, 0.4) is 0 Å². The third-order valence-corrected chi connectivity index (χ3v) is 3.93. The number of nitrogens with zero attached hydrogens (tertiary/aromatic N) is 1. The van der Waals surface area contributed by atoms with Crippen LogP contribution < -0.4 is 15.0 Å². The van der Waals surface area contributed by atoms with Gasteiger partial charge in [-0.1, -0.05) is 13.8 Å². The number of hydrogen-bond acceptors (Lipinski definition) is 4. The maximum atomic E-state index is 12.5. The van der Waals surface area contributed by atoms with Crippen molar-refractivity contribution in [2.75, 3.05) is 12.0 Å². The molecule has 112 valence electrons. The summed E-state index contributed by atoms with van der Waals surface area (Å²) in [6.45, 7) is 3.52. The molecule has 1 aliphatic heterocycles. The lowest BCUT2D eigenvalue weighted by Crippen LogP contribution is -2.59. The largest absolute Gasteiger partial charge is 0.497 e. The standard InChI is InChI=1S/C14H15BrN2O4/c1-7(2)11-12(18)16-14(20)17(13(11)19)10-6-8(21-3)4-5-9(10)15/h4-7,11H,1-3H3,(H,16,18,20). The van der Waals surface area contributed by atoms with E-state index in [9.17, 15) is 14.4 Å². The van der Waals surface area contributed by atoms with Crippen LogP contribution in [-0.4, -0.2) is 25.0 Å². The molecule has 1 N–H and O–H groups in total. The number of hydrogen-bond donors (Lipinski definition) is 1. The van der Waals surface area contributed by atoms with Crippen molar-refractivity contribution in [2.45, 2.75) is 13.8 Å². The first-order valence-corrected chi connectivity index (χ1v) is 7.18. The number of rotatable bonds is 3. The molecule has 1 aromatic carbocycles. The highest BCUT2D eigenvalue weighted by Crippen LogP contribution is 2.33. The molecule has 1 saturated heterocycles. The number of nitrogens with one attached hydrogen (secondary N) is 1. The van der Waals surface area contributed by atoms with Crippen molar-refractivity contribution in [2.24, 2.45) is 11.8 Å². The van der Waals surface area contributed by atoms with Gasteiger partial charge in [0.1, 0.15) is 11.7 Å². The highest BCUT2D eigenvalue weighted by Gasteiger charge is 2.43. The van der Waals surface area contributed by atoms with E-state index in [2.05, 4.69) is 21.2 Å². The van der Waals surface area contributed by atoms with Crippen molar-refractivity contribution in [1.82, 2.24) is 5.32 Å². The SMILES string of the molecule is COc1ccc(Br)c(N2C(=O)NC(=O)C(C(C)C)C2=O)c1. The highest BCUT2D eigenvalue weighted by atomic mass is 79.9. The third-order valence-electron chi connectivity index (χ3n) is 3.26. The monoisotopic (exact) mass is 354 g/mol. The van der Waals surface area contributed by atoms with Crippen molar-refractivity contribution < 1.29 is 19.1 Å². The predicted molar refractivity (Wildman–Crippen MR) is 80.0 cm³/mol. The zero-order valence-corrected chi connectivity index (χ0v) is 13.4. The van der Waals surface area contributed by atoms with Crippen LogP contribution in [0.5, 0.6) is 5.75 Å². The molecule has 1 aliphatic rings. The van der Waals surface area contributed by atoms with Gasteiger partial charge in [0.2, 0.25) is 11.8 Å². The van der Waals surface area contributed by atoms with E-state index in [4.69, 9.17) is 4.74 Å². The van der Waals surface area contributed by atoms with Crippen LogP contribution in [-0.2, 0) is 9.59 Å². The van der Waals surface area contributed by atoms with Crippen LogP contribution >= 0.6 is 15.9 Å². The fourth-order valence-corrected chi connectivity index (χ4v) is 2.62. The van der Waals surface area contributed by atoms with Gasteiger partial charge in [-0.05, 0) is 34.0 Å². The molecule has 0 bridgehead atoms. The summed E-state index contributed by atoms with van der Waals surface area (Å²) in [5.74, 6) is -1.69. The van der Waals surface area contributed by atoms with Gasteiger partial charge in [0.25, 0.3) is 0 Å². The molecule has 0 radical (unpaired) electrons.